The van der Waals surface area contributed by atoms with E-state index < -0.39 is 0 Å². The number of aromatic nitrogens is 1. The molecule has 0 saturated heterocycles. The maximum atomic E-state index is 12.1. The zero-order valence-corrected chi connectivity index (χ0v) is 13.9. The van der Waals surface area contributed by atoms with Crippen LogP contribution in [0.5, 0.6) is 0 Å². The number of carbonyl (C=O) groups is 1. The normalized spacial score (nSPS) is 11.0. The van der Waals surface area contributed by atoms with Gasteiger partial charge in [-0.3, -0.25) is 9.78 Å². The number of halogens is 1. The summed E-state index contributed by atoms with van der Waals surface area (Å²) >= 11 is 3.40. The van der Waals surface area contributed by atoms with Gasteiger partial charge in [0.05, 0.1) is 17.4 Å². The fourth-order valence-corrected chi connectivity index (χ4v) is 2.01. The molecule has 0 radical (unpaired) electrons. The van der Waals surface area contributed by atoms with Crippen molar-refractivity contribution >= 4 is 33.2 Å². The molecule has 2 N–H and O–H groups in total. The van der Waals surface area contributed by atoms with E-state index in [0.29, 0.717) is 5.56 Å². The molecule has 2 rings (SSSR count). The van der Waals surface area contributed by atoms with Gasteiger partial charge in [0.15, 0.2) is 0 Å². The molecule has 1 amide bonds. The second-order valence-electron chi connectivity index (χ2n) is 5.80. The van der Waals surface area contributed by atoms with Gasteiger partial charge in [-0.2, -0.15) is 0 Å². The van der Waals surface area contributed by atoms with E-state index in [4.69, 9.17) is 0 Å². The van der Waals surface area contributed by atoms with Crippen molar-refractivity contribution in [2.45, 2.75) is 26.3 Å². The Morgan fingerprint density at radius 3 is 2.38 bits per heavy atom. The van der Waals surface area contributed by atoms with Gasteiger partial charge in [-0.25, -0.2) is 0 Å². The predicted molar refractivity (Wildman–Crippen MR) is 88.9 cm³/mol. The summed E-state index contributed by atoms with van der Waals surface area (Å²) in [5, 5.41) is 6.15. The van der Waals surface area contributed by atoms with E-state index in [9.17, 15) is 4.79 Å². The van der Waals surface area contributed by atoms with Crippen LogP contribution < -0.4 is 10.6 Å². The maximum absolute atomic E-state index is 12.1. The van der Waals surface area contributed by atoms with E-state index in [-0.39, 0.29) is 11.4 Å². The van der Waals surface area contributed by atoms with E-state index in [1.165, 1.54) is 0 Å². The molecule has 0 aliphatic rings. The Hall–Kier alpha value is -1.88. The summed E-state index contributed by atoms with van der Waals surface area (Å²) in [6.07, 6.45) is 3.25. The Bertz CT molecular complexity index is 633. The SMILES string of the molecule is CC(C)(C)NC(=O)c1cncc(Nc2ccc(Br)cc2)c1. The number of carbonyl (C=O) groups excluding carboxylic acids is 1. The molecular formula is C16H18BrN3O. The third-order valence-electron chi connectivity index (χ3n) is 2.62. The minimum Gasteiger partial charge on any atom is -0.354 e. The Morgan fingerprint density at radius 1 is 1.10 bits per heavy atom. The van der Waals surface area contributed by atoms with Gasteiger partial charge in [0.2, 0.25) is 0 Å². The lowest BCUT2D eigenvalue weighted by atomic mass is 10.1. The van der Waals surface area contributed by atoms with Crippen molar-refractivity contribution < 1.29 is 4.79 Å². The van der Waals surface area contributed by atoms with Crippen LogP contribution in [0.25, 0.3) is 0 Å². The van der Waals surface area contributed by atoms with Crippen LogP contribution in [0.2, 0.25) is 0 Å². The van der Waals surface area contributed by atoms with Gasteiger partial charge in [0, 0.05) is 21.9 Å². The maximum Gasteiger partial charge on any atom is 0.253 e. The topological polar surface area (TPSA) is 54.0 Å². The van der Waals surface area contributed by atoms with Gasteiger partial charge in [0.1, 0.15) is 0 Å². The number of hydrogen-bond acceptors (Lipinski definition) is 3. The van der Waals surface area contributed by atoms with Gasteiger partial charge in [-0.05, 0) is 51.1 Å². The van der Waals surface area contributed by atoms with Crippen molar-refractivity contribution in [3.8, 4) is 0 Å². The summed E-state index contributed by atoms with van der Waals surface area (Å²) in [6.45, 7) is 5.84. The van der Waals surface area contributed by atoms with Crippen LogP contribution in [-0.2, 0) is 0 Å². The van der Waals surface area contributed by atoms with Gasteiger partial charge in [-0.1, -0.05) is 15.9 Å². The van der Waals surface area contributed by atoms with Crippen LogP contribution in [0.3, 0.4) is 0 Å². The summed E-state index contributed by atoms with van der Waals surface area (Å²) < 4.78 is 1.02. The number of anilines is 2. The van der Waals surface area contributed by atoms with E-state index in [0.717, 1.165) is 15.8 Å². The fourth-order valence-electron chi connectivity index (χ4n) is 1.75. The molecule has 1 aromatic carbocycles. The summed E-state index contributed by atoms with van der Waals surface area (Å²) in [4.78, 5) is 16.2. The Kier molecular flexibility index (Phi) is 4.63. The quantitative estimate of drug-likeness (QED) is 0.878. The van der Waals surface area contributed by atoms with Gasteiger partial charge < -0.3 is 10.6 Å². The van der Waals surface area contributed by atoms with Crippen molar-refractivity contribution in [2.24, 2.45) is 0 Å². The minimum absolute atomic E-state index is 0.130. The zero-order chi connectivity index (χ0) is 15.5. The highest BCUT2D eigenvalue weighted by Gasteiger charge is 2.15. The molecule has 0 spiro atoms. The van der Waals surface area contributed by atoms with Crippen molar-refractivity contribution in [3.63, 3.8) is 0 Å². The summed E-state index contributed by atoms with van der Waals surface area (Å²) in [6, 6.07) is 9.59. The first-order valence-electron chi connectivity index (χ1n) is 6.64. The number of nitrogens with one attached hydrogen (secondary N) is 2. The molecule has 0 aliphatic carbocycles. The number of nitrogens with zero attached hydrogens (tertiary/aromatic N) is 1. The van der Waals surface area contributed by atoms with Crippen molar-refractivity contribution in [1.29, 1.82) is 0 Å². The third kappa shape index (κ3) is 4.86. The molecule has 0 bridgehead atoms. The molecule has 110 valence electrons. The van der Waals surface area contributed by atoms with Crippen molar-refractivity contribution in [1.82, 2.24) is 10.3 Å². The first-order chi connectivity index (χ1) is 9.83. The number of hydrogen-bond donors (Lipinski definition) is 2. The first-order valence-corrected chi connectivity index (χ1v) is 7.43. The molecule has 0 saturated carbocycles. The van der Waals surface area contributed by atoms with Gasteiger partial charge in [0.25, 0.3) is 5.91 Å². The molecular weight excluding hydrogens is 330 g/mol. The highest BCUT2D eigenvalue weighted by Crippen LogP contribution is 2.19. The molecule has 2 aromatic rings. The van der Waals surface area contributed by atoms with Crippen LogP contribution in [0.15, 0.2) is 47.2 Å². The molecule has 1 heterocycles. The lowest BCUT2D eigenvalue weighted by molar-refractivity contribution is 0.0919. The Labute approximate surface area is 133 Å². The van der Waals surface area contributed by atoms with Crippen molar-refractivity contribution in [3.05, 3.63) is 52.8 Å². The van der Waals surface area contributed by atoms with Crippen LogP contribution >= 0.6 is 15.9 Å². The molecule has 0 aliphatic heterocycles. The van der Waals surface area contributed by atoms with E-state index >= 15 is 0 Å². The van der Waals surface area contributed by atoms with Crippen LogP contribution in [0.1, 0.15) is 31.1 Å². The highest BCUT2D eigenvalue weighted by atomic mass is 79.9. The minimum atomic E-state index is -0.272. The lowest BCUT2D eigenvalue weighted by Gasteiger charge is -2.20. The average Bonchev–Trinajstić information content (AvgIpc) is 2.40. The fraction of sp³-hybridized carbons (Fsp3) is 0.250. The standard InChI is InChI=1S/C16H18BrN3O/c1-16(2,3)20-15(21)11-8-14(10-18-9-11)19-13-6-4-12(17)5-7-13/h4-10,19H,1-3H3,(H,20,21). The van der Waals surface area contributed by atoms with Gasteiger partial charge in [-0.15, -0.1) is 0 Å². The smallest absolute Gasteiger partial charge is 0.253 e. The third-order valence-corrected chi connectivity index (χ3v) is 3.15. The lowest BCUT2D eigenvalue weighted by Crippen LogP contribution is -2.40. The number of rotatable bonds is 3. The Balaban J connectivity index is 2.14. The second-order valence-corrected chi connectivity index (χ2v) is 6.71. The highest BCUT2D eigenvalue weighted by molar-refractivity contribution is 9.10. The zero-order valence-electron chi connectivity index (χ0n) is 12.3. The number of benzene rings is 1. The second kappa shape index (κ2) is 6.26. The molecule has 5 heteroatoms. The average molecular weight is 348 g/mol. The largest absolute Gasteiger partial charge is 0.354 e. The van der Waals surface area contributed by atoms with Crippen LogP contribution in [0.4, 0.5) is 11.4 Å². The monoisotopic (exact) mass is 347 g/mol. The molecule has 0 unspecified atom stereocenters. The van der Waals surface area contributed by atoms with E-state index in [1.807, 2.05) is 45.0 Å². The van der Waals surface area contributed by atoms with Crippen LogP contribution in [0, 0.1) is 0 Å². The number of amides is 1. The molecule has 0 atom stereocenters. The van der Waals surface area contributed by atoms with Gasteiger partial charge >= 0.3 is 0 Å². The predicted octanol–water partition coefficient (Wildman–Crippen LogP) is 4.12. The number of pyridine rings is 1. The van der Waals surface area contributed by atoms with Crippen LogP contribution in [-0.4, -0.2) is 16.4 Å². The first kappa shape index (κ1) is 15.5. The molecule has 1 aromatic heterocycles. The molecule has 4 nitrogen and oxygen atoms in total. The van der Waals surface area contributed by atoms with Crippen molar-refractivity contribution in [2.75, 3.05) is 5.32 Å². The summed E-state index contributed by atoms with van der Waals surface area (Å²) in [5.74, 6) is -0.130. The summed E-state index contributed by atoms with van der Waals surface area (Å²) in [7, 11) is 0. The molecule has 21 heavy (non-hydrogen) atoms. The summed E-state index contributed by atoms with van der Waals surface area (Å²) in [5.41, 5.74) is 1.98. The van der Waals surface area contributed by atoms with E-state index in [2.05, 4.69) is 31.5 Å². The molecule has 0 fully saturated rings. The van der Waals surface area contributed by atoms with E-state index in [1.54, 1.807) is 18.5 Å². The Morgan fingerprint density at radius 2 is 1.76 bits per heavy atom.